The van der Waals surface area contributed by atoms with Crippen molar-refractivity contribution in [2.45, 2.75) is 82.4 Å². The largest absolute Gasteiger partial charge is 0.143 e. The zero-order valence-electron chi connectivity index (χ0n) is 12.5. The first-order chi connectivity index (χ1) is 9.33. The Hall–Kier alpha value is -0.430. The topological polar surface area (TPSA) is 0 Å². The molecule has 108 valence electrons. The van der Waals surface area contributed by atoms with E-state index in [1.807, 2.05) is 0 Å². The van der Waals surface area contributed by atoms with E-state index in [0.29, 0.717) is 0 Å². The van der Waals surface area contributed by atoms with Gasteiger partial charge in [-0.15, -0.1) is 12.6 Å². The Morgan fingerprint density at radius 1 is 0.684 bits per heavy atom. The second-order valence-corrected chi connectivity index (χ2v) is 6.11. The van der Waals surface area contributed by atoms with Crippen LogP contribution in [-0.4, -0.2) is 0 Å². The van der Waals surface area contributed by atoms with Crippen LogP contribution in [0.3, 0.4) is 0 Å². The molecule has 0 saturated heterocycles. The predicted octanol–water partition coefficient (Wildman–Crippen LogP) is 6.44. The van der Waals surface area contributed by atoms with Crippen LogP contribution in [0.25, 0.3) is 0 Å². The van der Waals surface area contributed by atoms with Gasteiger partial charge in [0, 0.05) is 4.90 Å². The Balaban J connectivity index is 1.87. The molecule has 0 N–H and O–H groups in total. The Kier molecular flexibility index (Phi) is 9.98. The maximum atomic E-state index is 4.31. The minimum atomic E-state index is 1.06. The molecule has 0 spiro atoms. The number of benzene rings is 1. The molecule has 1 rings (SSSR count). The molecule has 0 heterocycles. The first kappa shape index (κ1) is 16.6. The molecule has 19 heavy (non-hydrogen) atoms. The quantitative estimate of drug-likeness (QED) is 0.349. The van der Waals surface area contributed by atoms with Crippen molar-refractivity contribution in [2.75, 3.05) is 0 Å². The van der Waals surface area contributed by atoms with E-state index < -0.39 is 0 Å². The van der Waals surface area contributed by atoms with Gasteiger partial charge < -0.3 is 0 Å². The highest BCUT2D eigenvalue weighted by Crippen LogP contribution is 2.13. The molecule has 0 aromatic heterocycles. The van der Waals surface area contributed by atoms with Gasteiger partial charge in [-0.3, -0.25) is 0 Å². The van der Waals surface area contributed by atoms with Gasteiger partial charge in [0.1, 0.15) is 0 Å². The summed E-state index contributed by atoms with van der Waals surface area (Å²) in [6.07, 6.45) is 15.4. The lowest BCUT2D eigenvalue weighted by atomic mass is 10.0. The number of unbranched alkanes of at least 4 members (excludes halogenated alkanes) is 9. The molecule has 1 heteroatoms. The van der Waals surface area contributed by atoms with Crippen LogP contribution < -0.4 is 0 Å². The summed E-state index contributed by atoms with van der Waals surface area (Å²) < 4.78 is 0. The van der Waals surface area contributed by atoms with Crippen molar-refractivity contribution in [3.05, 3.63) is 29.8 Å². The molecule has 0 amide bonds. The highest BCUT2D eigenvalue weighted by atomic mass is 32.1. The van der Waals surface area contributed by atoms with E-state index in [4.69, 9.17) is 0 Å². The lowest BCUT2D eigenvalue weighted by Crippen LogP contribution is -1.86. The monoisotopic (exact) mass is 278 g/mol. The molecule has 0 saturated carbocycles. The summed E-state index contributed by atoms with van der Waals surface area (Å²) >= 11 is 4.31. The molecule has 0 aliphatic rings. The summed E-state index contributed by atoms with van der Waals surface area (Å²) in [4.78, 5) is 1.06. The lowest BCUT2D eigenvalue weighted by molar-refractivity contribution is 0.556. The van der Waals surface area contributed by atoms with Gasteiger partial charge >= 0.3 is 0 Å². The van der Waals surface area contributed by atoms with Gasteiger partial charge in [0.05, 0.1) is 0 Å². The van der Waals surface area contributed by atoms with E-state index >= 15 is 0 Å². The molecular weight excluding hydrogens is 248 g/mol. The summed E-state index contributed by atoms with van der Waals surface area (Å²) in [5.41, 5.74) is 1.46. The van der Waals surface area contributed by atoms with E-state index in [1.54, 1.807) is 0 Å². The average Bonchev–Trinajstić information content (AvgIpc) is 2.43. The normalized spacial score (nSPS) is 10.8. The third-order valence-corrected chi connectivity index (χ3v) is 4.05. The predicted molar refractivity (Wildman–Crippen MR) is 89.2 cm³/mol. The first-order valence-corrected chi connectivity index (χ1v) is 8.55. The molecule has 1 aromatic carbocycles. The highest BCUT2D eigenvalue weighted by Gasteiger charge is 1.95. The van der Waals surface area contributed by atoms with E-state index in [1.165, 1.54) is 76.2 Å². The molecule has 0 radical (unpaired) electrons. The van der Waals surface area contributed by atoms with Crippen molar-refractivity contribution in [3.63, 3.8) is 0 Å². The standard InChI is InChI=1S/C18H30S/c1-2-3-4-5-6-7-8-9-10-11-12-17-13-15-18(19)16-14-17/h13-16,19H,2-12H2,1H3. The minimum Gasteiger partial charge on any atom is -0.143 e. The van der Waals surface area contributed by atoms with Crippen molar-refractivity contribution in [1.29, 1.82) is 0 Å². The molecule has 0 unspecified atom stereocenters. The smallest absolute Gasteiger partial charge is 0.00401 e. The zero-order chi connectivity index (χ0) is 13.8. The zero-order valence-corrected chi connectivity index (χ0v) is 13.4. The fourth-order valence-electron chi connectivity index (χ4n) is 2.48. The molecule has 0 aliphatic carbocycles. The van der Waals surface area contributed by atoms with E-state index in [2.05, 4.69) is 43.8 Å². The molecule has 0 aliphatic heterocycles. The van der Waals surface area contributed by atoms with E-state index in [-0.39, 0.29) is 0 Å². The maximum Gasteiger partial charge on any atom is 0.00401 e. The molecule has 1 aromatic rings. The van der Waals surface area contributed by atoms with Gasteiger partial charge in [0.15, 0.2) is 0 Å². The second-order valence-electron chi connectivity index (χ2n) is 5.60. The fourth-order valence-corrected chi connectivity index (χ4v) is 2.63. The van der Waals surface area contributed by atoms with Crippen molar-refractivity contribution in [2.24, 2.45) is 0 Å². The van der Waals surface area contributed by atoms with Crippen LogP contribution in [0.5, 0.6) is 0 Å². The van der Waals surface area contributed by atoms with E-state index in [0.717, 1.165) is 4.90 Å². The number of rotatable bonds is 11. The Morgan fingerprint density at radius 3 is 1.68 bits per heavy atom. The SMILES string of the molecule is CCCCCCCCCCCCc1ccc(S)cc1. The van der Waals surface area contributed by atoms with E-state index in [9.17, 15) is 0 Å². The number of thiol groups is 1. The lowest BCUT2D eigenvalue weighted by Gasteiger charge is -2.03. The summed E-state index contributed by atoms with van der Waals surface area (Å²) in [7, 11) is 0. The molecule has 0 atom stereocenters. The third-order valence-electron chi connectivity index (χ3n) is 3.76. The number of hydrogen-bond donors (Lipinski definition) is 1. The van der Waals surface area contributed by atoms with Gasteiger partial charge in [0.25, 0.3) is 0 Å². The van der Waals surface area contributed by atoms with Crippen LogP contribution in [0.4, 0.5) is 0 Å². The van der Waals surface area contributed by atoms with Crippen molar-refractivity contribution < 1.29 is 0 Å². The minimum absolute atomic E-state index is 1.06. The maximum absolute atomic E-state index is 4.31. The molecule has 0 bridgehead atoms. The van der Waals surface area contributed by atoms with Crippen LogP contribution in [0.1, 0.15) is 76.7 Å². The Morgan fingerprint density at radius 2 is 1.16 bits per heavy atom. The van der Waals surface area contributed by atoms with Gasteiger partial charge in [-0.2, -0.15) is 0 Å². The average molecular weight is 279 g/mol. The van der Waals surface area contributed by atoms with Crippen molar-refractivity contribution >= 4 is 12.6 Å². The molecular formula is C18H30S. The number of aryl methyl sites for hydroxylation is 1. The van der Waals surface area contributed by atoms with Crippen LogP contribution in [-0.2, 0) is 6.42 Å². The van der Waals surface area contributed by atoms with Crippen molar-refractivity contribution in [3.8, 4) is 0 Å². The summed E-state index contributed by atoms with van der Waals surface area (Å²) in [6, 6.07) is 8.59. The van der Waals surface area contributed by atoms with Gasteiger partial charge in [-0.1, -0.05) is 76.8 Å². The third kappa shape index (κ3) is 9.15. The first-order valence-electron chi connectivity index (χ1n) is 8.11. The van der Waals surface area contributed by atoms with Crippen LogP contribution >= 0.6 is 12.6 Å². The van der Waals surface area contributed by atoms with Crippen LogP contribution in [0.2, 0.25) is 0 Å². The molecule has 0 nitrogen and oxygen atoms in total. The fraction of sp³-hybridized carbons (Fsp3) is 0.667. The summed E-state index contributed by atoms with van der Waals surface area (Å²) in [5, 5.41) is 0. The Bertz CT molecular complexity index is 302. The van der Waals surface area contributed by atoms with Gasteiger partial charge in [-0.05, 0) is 30.5 Å². The highest BCUT2D eigenvalue weighted by molar-refractivity contribution is 7.80. The van der Waals surface area contributed by atoms with Crippen molar-refractivity contribution in [1.82, 2.24) is 0 Å². The van der Waals surface area contributed by atoms with Gasteiger partial charge in [-0.25, -0.2) is 0 Å². The molecule has 0 fully saturated rings. The summed E-state index contributed by atoms with van der Waals surface area (Å²) in [6.45, 7) is 2.28. The second kappa shape index (κ2) is 11.4. The van der Waals surface area contributed by atoms with Gasteiger partial charge in [0.2, 0.25) is 0 Å². The summed E-state index contributed by atoms with van der Waals surface area (Å²) in [5.74, 6) is 0. The van der Waals surface area contributed by atoms with Crippen LogP contribution in [0, 0.1) is 0 Å². The van der Waals surface area contributed by atoms with Crippen LogP contribution in [0.15, 0.2) is 29.2 Å². The number of hydrogen-bond acceptors (Lipinski definition) is 1. The Labute approximate surface area is 125 Å².